The van der Waals surface area contributed by atoms with Crippen molar-refractivity contribution in [1.29, 1.82) is 0 Å². The van der Waals surface area contributed by atoms with Gasteiger partial charge < -0.3 is 4.74 Å². The molecule has 0 fully saturated rings. The van der Waals surface area contributed by atoms with E-state index in [2.05, 4.69) is 56.5 Å². The van der Waals surface area contributed by atoms with Gasteiger partial charge in [-0.1, -0.05) is 13.0 Å². The van der Waals surface area contributed by atoms with E-state index in [1.807, 2.05) is 29.0 Å². The number of ether oxygens (including phenoxy) is 1. The van der Waals surface area contributed by atoms with Gasteiger partial charge in [-0.05, 0) is 90.4 Å². The second-order valence-electron chi connectivity index (χ2n) is 8.95. The number of fused-ring (bicyclic) bond motifs is 1. The van der Waals surface area contributed by atoms with Gasteiger partial charge >= 0.3 is 0 Å². The molecular formula is C30H26N2O2S. The van der Waals surface area contributed by atoms with Crippen molar-refractivity contribution in [1.82, 2.24) is 9.55 Å². The van der Waals surface area contributed by atoms with Crippen LogP contribution in [-0.2, 0) is 12.8 Å². The Kier molecular flexibility index (Phi) is 5.37. The second-order valence-corrected chi connectivity index (χ2v) is 9.82. The zero-order chi connectivity index (χ0) is 24.1. The molecule has 5 heteroatoms. The Labute approximate surface area is 208 Å². The second kappa shape index (κ2) is 8.58. The van der Waals surface area contributed by atoms with Crippen LogP contribution in [0.1, 0.15) is 23.6 Å². The summed E-state index contributed by atoms with van der Waals surface area (Å²) in [6.45, 7) is 5.03. The smallest absolute Gasteiger partial charge is 0.255 e. The molecule has 6 rings (SSSR count). The Morgan fingerprint density at radius 3 is 2.80 bits per heavy atom. The van der Waals surface area contributed by atoms with Gasteiger partial charge in [0.2, 0.25) is 0 Å². The zero-order valence-electron chi connectivity index (χ0n) is 20.1. The van der Waals surface area contributed by atoms with E-state index in [0.29, 0.717) is 6.61 Å². The van der Waals surface area contributed by atoms with Crippen LogP contribution < -0.4 is 10.3 Å². The molecule has 1 aliphatic rings. The van der Waals surface area contributed by atoms with Gasteiger partial charge in [0.25, 0.3) is 5.56 Å². The van der Waals surface area contributed by atoms with Crippen LogP contribution in [0.2, 0.25) is 0 Å². The molecule has 3 aromatic carbocycles. The van der Waals surface area contributed by atoms with E-state index >= 15 is 0 Å². The van der Waals surface area contributed by atoms with Crippen molar-refractivity contribution in [3.63, 3.8) is 0 Å². The molecule has 0 saturated carbocycles. The van der Waals surface area contributed by atoms with Gasteiger partial charge in [0, 0.05) is 39.9 Å². The number of hydrogen-bond acceptors (Lipinski definition) is 4. The van der Waals surface area contributed by atoms with E-state index < -0.39 is 0 Å². The van der Waals surface area contributed by atoms with Gasteiger partial charge in [-0.15, -0.1) is 11.8 Å². The van der Waals surface area contributed by atoms with E-state index in [9.17, 15) is 4.79 Å². The Balaban J connectivity index is 1.74. The minimum atomic E-state index is -0.0335. The lowest BCUT2D eigenvalue weighted by Gasteiger charge is -2.22. The maximum Gasteiger partial charge on any atom is 0.255 e. The maximum atomic E-state index is 13.2. The summed E-state index contributed by atoms with van der Waals surface area (Å²) in [5.74, 6) is 0.902. The van der Waals surface area contributed by atoms with Gasteiger partial charge in [0.1, 0.15) is 5.75 Å². The topological polar surface area (TPSA) is 44.1 Å². The minimum absolute atomic E-state index is 0.0335. The first-order chi connectivity index (χ1) is 17.1. The fourth-order valence-electron chi connectivity index (χ4n) is 5.44. The maximum absolute atomic E-state index is 13.2. The molecule has 0 bridgehead atoms. The van der Waals surface area contributed by atoms with Crippen LogP contribution in [0.15, 0.2) is 76.6 Å². The van der Waals surface area contributed by atoms with E-state index in [1.54, 1.807) is 17.8 Å². The van der Waals surface area contributed by atoms with E-state index in [1.165, 1.54) is 16.7 Å². The number of aryl methyl sites for hydroxylation is 1. The zero-order valence-corrected chi connectivity index (χ0v) is 20.9. The van der Waals surface area contributed by atoms with Crippen molar-refractivity contribution < 1.29 is 4.74 Å². The van der Waals surface area contributed by atoms with Crippen LogP contribution in [0, 0.1) is 6.92 Å². The number of hydrogen-bond donors (Lipinski definition) is 0. The van der Waals surface area contributed by atoms with Crippen molar-refractivity contribution in [2.45, 2.75) is 31.6 Å². The largest absolute Gasteiger partial charge is 0.493 e. The summed E-state index contributed by atoms with van der Waals surface area (Å²) in [6, 6.07) is 20.3. The number of rotatable bonds is 4. The average molecular weight is 479 g/mol. The Hall–Kier alpha value is -3.57. The van der Waals surface area contributed by atoms with Crippen LogP contribution in [0.25, 0.3) is 38.6 Å². The van der Waals surface area contributed by atoms with Gasteiger partial charge in [0.05, 0.1) is 23.3 Å². The first-order valence-electron chi connectivity index (χ1n) is 12.0. The lowest BCUT2D eigenvalue weighted by molar-refractivity contribution is 0.318. The van der Waals surface area contributed by atoms with E-state index in [4.69, 9.17) is 9.72 Å². The average Bonchev–Trinajstić information content (AvgIpc) is 2.88. The van der Waals surface area contributed by atoms with Crippen molar-refractivity contribution in [2.75, 3.05) is 12.9 Å². The molecule has 0 N–H and O–H groups in total. The third-order valence-corrected chi connectivity index (χ3v) is 7.76. The molecule has 2 aromatic heterocycles. The highest BCUT2D eigenvalue weighted by Gasteiger charge is 2.22. The minimum Gasteiger partial charge on any atom is -0.493 e. The summed E-state index contributed by atoms with van der Waals surface area (Å²) in [4.78, 5) is 19.2. The summed E-state index contributed by atoms with van der Waals surface area (Å²) in [7, 11) is 0. The van der Waals surface area contributed by atoms with Crippen molar-refractivity contribution in [3.8, 4) is 22.6 Å². The molecule has 35 heavy (non-hydrogen) atoms. The molecule has 1 aliphatic heterocycles. The number of pyridine rings is 2. The summed E-state index contributed by atoms with van der Waals surface area (Å²) in [5, 5.41) is 2.16. The van der Waals surface area contributed by atoms with Crippen molar-refractivity contribution in [3.05, 3.63) is 93.9 Å². The van der Waals surface area contributed by atoms with Crippen LogP contribution in [0.4, 0.5) is 0 Å². The van der Waals surface area contributed by atoms with Gasteiger partial charge in [-0.3, -0.25) is 14.3 Å². The Bertz CT molecular complexity index is 1680. The van der Waals surface area contributed by atoms with Crippen LogP contribution >= 0.6 is 11.8 Å². The SMILES string of the molecule is CCc1c(C)cc2c(ccc(=O)n2-c2cccc(SC)c2)c1-c1ccc2c3c(ccnc13)CCO2. The molecule has 0 aliphatic carbocycles. The van der Waals surface area contributed by atoms with Crippen molar-refractivity contribution >= 4 is 33.6 Å². The highest BCUT2D eigenvalue weighted by Crippen LogP contribution is 2.42. The standard InChI is InChI=1S/C30H26N2O2S/c1-4-22-18(2)16-25-23(9-11-27(33)32(25)20-6-5-7-21(17-20)35-3)29(22)24-8-10-26-28-19(13-15-34-26)12-14-31-30(24)28/h5-12,14,16-17H,4,13,15H2,1-3H3. The molecule has 174 valence electrons. The molecule has 5 aromatic rings. The van der Waals surface area contributed by atoms with E-state index in [-0.39, 0.29) is 5.56 Å². The molecule has 0 spiro atoms. The van der Waals surface area contributed by atoms with Gasteiger partial charge in [-0.2, -0.15) is 0 Å². The number of benzene rings is 3. The summed E-state index contributed by atoms with van der Waals surface area (Å²) < 4.78 is 7.82. The van der Waals surface area contributed by atoms with Gasteiger partial charge in [-0.25, -0.2) is 0 Å². The van der Waals surface area contributed by atoms with Gasteiger partial charge in [0.15, 0.2) is 0 Å². The molecule has 4 nitrogen and oxygen atoms in total. The number of nitrogens with zero attached hydrogens (tertiary/aromatic N) is 2. The van der Waals surface area contributed by atoms with Crippen LogP contribution in [-0.4, -0.2) is 22.4 Å². The molecular weight excluding hydrogens is 452 g/mol. The fraction of sp³-hybridized carbons (Fsp3) is 0.200. The quantitative estimate of drug-likeness (QED) is 0.269. The molecule has 0 atom stereocenters. The number of aromatic nitrogens is 2. The predicted molar refractivity (Wildman–Crippen MR) is 145 cm³/mol. The van der Waals surface area contributed by atoms with Crippen LogP contribution in [0.5, 0.6) is 5.75 Å². The molecule has 0 radical (unpaired) electrons. The summed E-state index contributed by atoms with van der Waals surface area (Å²) >= 11 is 1.67. The third-order valence-electron chi connectivity index (χ3n) is 7.03. The monoisotopic (exact) mass is 478 g/mol. The molecule has 0 amide bonds. The predicted octanol–water partition coefficient (Wildman–Crippen LogP) is 6.73. The highest BCUT2D eigenvalue weighted by molar-refractivity contribution is 7.98. The molecule has 0 unspecified atom stereocenters. The molecule has 0 saturated heterocycles. The van der Waals surface area contributed by atoms with E-state index in [0.717, 1.165) is 62.1 Å². The summed E-state index contributed by atoms with van der Waals surface area (Å²) in [6.07, 6.45) is 5.73. The fourth-order valence-corrected chi connectivity index (χ4v) is 5.90. The highest BCUT2D eigenvalue weighted by atomic mass is 32.2. The lowest BCUT2D eigenvalue weighted by Crippen LogP contribution is -2.18. The Morgan fingerprint density at radius 1 is 1.09 bits per heavy atom. The Morgan fingerprint density at radius 2 is 1.97 bits per heavy atom. The summed E-state index contributed by atoms with van der Waals surface area (Å²) in [5.41, 5.74) is 8.69. The molecule has 3 heterocycles. The number of thioether (sulfide) groups is 1. The first-order valence-corrected chi connectivity index (χ1v) is 13.2. The van der Waals surface area contributed by atoms with Crippen molar-refractivity contribution in [2.24, 2.45) is 0 Å². The normalized spacial score (nSPS) is 12.8. The first kappa shape index (κ1) is 21.9. The van der Waals surface area contributed by atoms with Crippen LogP contribution in [0.3, 0.4) is 0 Å². The third kappa shape index (κ3) is 3.45. The lowest BCUT2D eigenvalue weighted by atomic mass is 9.88.